The van der Waals surface area contributed by atoms with Gasteiger partial charge in [0.1, 0.15) is 5.82 Å². The van der Waals surface area contributed by atoms with Crippen LogP contribution in [-0.4, -0.2) is 21.0 Å². The molecule has 0 unspecified atom stereocenters. The number of carboxylic acid groups (broad SMARTS) is 1. The molecule has 8 N–H and O–H groups in total. The second-order valence-electron chi connectivity index (χ2n) is 5.84. The van der Waals surface area contributed by atoms with Gasteiger partial charge in [0.25, 0.3) is 0 Å². The maximum absolute atomic E-state index is 10.9. The van der Waals surface area contributed by atoms with E-state index in [9.17, 15) is 4.79 Å². The minimum absolute atomic E-state index is 0. The van der Waals surface area contributed by atoms with Crippen LogP contribution in [0.2, 0.25) is 0 Å². The fourth-order valence-electron chi connectivity index (χ4n) is 2.50. The third kappa shape index (κ3) is 4.39. The Kier molecular flexibility index (Phi) is 6.23. The number of aromatic carboxylic acids is 1. The molecular weight excluding hydrogens is 354 g/mol. The maximum atomic E-state index is 10.9. The zero-order valence-electron chi connectivity index (χ0n) is 14.4. The fourth-order valence-corrected chi connectivity index (χ4v) is 2.50. The number of aromatic nitrogens is 2. The van der Waals surface area contributed by atoms with Crippen molar-refractivity contribution in [2.75, 3.05) is 17.2 Å². The molecule has 4 aromatic rings. The highest BCUT2D eigenvalue weighted by Crippen LogP contribution is 2.26. The summed E-state index contributed by atoms with van der Waals surface area (Å²) in [7, 11) is 0. The van der Waals surface area contributed by atoms with Gasteiger partial charge in [0, 0.05) is 11.3 Å². The molecule has 1 aromatic heterocycles. The predicted octanol–water partition coefficient (Wildman–Crippen LogP) is 4.00. The van der Waals surface area contributed by atoms with Crippen LogP contribution < -0.4 is 17.2 Å². The average Bonchev–Trinajstić information content (AvgIpc) is 3.08. The van der Waals surface area contributed by atoms with Gasteiger partial charge in [-0.3, -0.25) is 0 Å². The number of hydrogen-bond acceptors (Lipinski definition) is 5. The topological polar surface area (TPSA) is 144 Å². The second-order valence-corrected chi connectivity index (χ2v) is 5.84. The van der Waals surface area contributed by atoms with Crippen LogP contribution in [0.5, 0.6) is 0 Å². The first-order valence-corrected chi connectivity index (χ1v) is 8.13. The molecule has 0 aliphatic carbocycles. The van der Waals surface area contributed by atoms with E-state index >= 15 is 0 Å². The van der Waals surface area contributed by atoms with Crippen molar-refractivity contribution in [1.82, 2.24) is 9.97 Å². The lowest BCUT2D eigenvalue weighted by Gasteiger charge is -2.03. The van der Waals surface area contributed by atoms with Crippen molar-refractivity contribution in [2.45, 2.75) is 7.43 Å². The van der Waals surface area contributed by atoms with Gasteiger partial charge in [-0.15, -0.1) is 0 Å². The summed E-state index contributed by atoms with van der Waals surface area (Å²) in [6.45, 7) is 0. The van der Waals surface area contributed by atoms with Crippen LogP contribution >= 0.6 is 0 Å². The summed E-state index contributed by atoms with van der Waals surface area (Å²) in [5.74, 6) is -0.363. The summed E-state index contributed by atoms with van der Waals surface area (Å²) in [5, 5.41) is 8.91. The quantitative estimate of drug-likeness (QED) is 0.334. The summed E-state index contributed by atoms with van der Waals surface area (Å²) < 4.78 is 0. The van der Waals surface area contributed by atoms with Crippen molar-refractivity contribution in [2.24, 2.45) is 0 Å². The number of carboxylic acids is 1. The van der Waals surface area contributed by atoms with E-state index in [2.05, 4.69) is 9.97 Å². The average molecular weight is 377 g/mol. The number of nitrogen functional groups attached to an aromatic ring is 3. The molecule has 0 saturated carbocycles. The molecule has 3 aromatic carbocycles. The lowest BCUT2D eigenvalue weighted by atomic mass is 10.1. The van der Waals surface area contributed by atoms with Crippen LogP contribution in [0.15, 0.2) is 66.7 Å². The zero-order valence-corrected chi connectivity index (χ0v) is 14.4. The van der Waals surface area contributed by atoms with E-state index in [0.717, 1.165) is 11.0 Å². The van der Waals surface area contributed by atoms with Crippen LogP contribution in [0.1, 0.15) is 17.8 Å². The van der Waals surface area contributed by atoms with E-state index in [1.165, 1.54) is 12.1 Å². The highest BCUT2D eigenvalue weighted by Gasteiger charge is 2.11. The lowest BCUT2D eigenvalue weighted by molar-refractivity contribution is 0.0697. The minimum atomic E-state index is -0.997. The molecule has 0 spiro atoms. The number of anilines is 3. The number of carbonyl (C=O) groups is 1. The molecule has 0 aliphatic rings. The van der Waals surface area contributed by atoms with E-state index in [4.69, 9.17) is 22.3 Å². The number of nitrogens with one attached hydrogen (secondary N) is 1. The zero-order chi connectivity index (χ0) is 19.4. The van der Waals surface area contributed by atoms with Gasteiger partial charge in [0.2, 0.25) is 0 Å². The minimum Gasteiger partial charge on any atom is -0.478 e. The number of H-pyrrole nitrogens is 1. The standard InChI is InChI=1S/C14H11N3O2.C6H8N2.CH4/c15-10-7-8(14(18)19)5-6-9(10)13-16-11-3-1-2-4-12(11)17-13;7-5-3-1-2-4-6(5)8;/h1-7H,15H2,(H,16,17)(H,18,19);1-4H,7-8H2;1H4. The molecule has 0 aliphatic heterocycles. The van der Waals surface area contributed by atoms with Gasteiger partial charge in [-0.1, -0.05) is 31.7 Å². The highest BCUT2D eigenvalue weighted by molar-refractivity contribution is 5.91. The van der Waals surface area contributed by atoms with E-state index < -0.39 is 5.97 Å². The summed E-state index contributed by atoms with van der Waals surface area (Å²) >= 11 is 0. The molecule has 4 rings (SSSR count). The first-order valence-electron chi connectivity index (χ1n) is 8.13. The van der Waals surface area contributed by atoms with Crippen molar-refractivity contribution in [3.05, 3.63) is 72.3 Å². The SMILES string of the molecule is C.Nc1cc(C(=O)O)ccc1-c1nc2ccccc2[nH]1.Nc1ccccc1N. The van der Waals surface area contributed by atoms with E-state index in [-0.39, 0.29) is 13.0 Å². The predicted molar refractivity (Wildman–Crippen MR) is 115 cm³/mol. The smallest absolute Gasteiger partial charge is 0.335 e. The Morgan fingerprint density at radius 1 is 0.857 bits per heavy atom. The number of nitrogens with zero attached hydrogens (tertiary/aromatic N) is 1. The normalized spacial score (nSPS) is 9.86. The monoisotopic (exact) mass is 377 g/mol. The number of aromatic amines is 1. The highest BCUT2D eigenvalue weighted by atomic mass is 16.4. The van der Waals surface area contributed by atoms with Crippen molar-refractivity contribution < 1.29 is 9.90 Å². The summed E-state index contributed by atoms with van der Waals surface area (Å²) in [6.07, 6.45) is 0. The first-order chi connectivity index (χ1) is 13.0. The van der Waals surface area contributed by atoms with Gasteiger partial charge >= 0.3 is 5.97 Å². The van der Waals surface area contributed by atoms with Crippen LogP contribution in [0.3, 0.4) is 0 Å². The number of hydrogen-bond donors (Lipinski definition) is 5. The summed E-state index contributed by atoms with van der Waals surface area (Å²) in [6, 6.07) is 19.5. The molecule has 0 radical (unpaired) electrons. The molecule has 144 valence electrons. The molecule has 7 heteroatoms. The Labute approximate surface area is 162 Å². The number of nitrogens with two attached hydrogens (primary N) is 3. The van der Waals surface area contributed by atoms with E-state index in [1.54, 1.807) is 18.2 Å². The Bertz CT molecular complexity index is 1050. The Balaban J connectivity index is 0.000000264. The second kappa shape index (κ2) is 8.59. The maximum Gasteiger partial charge on any atom is 0.335 e. The Morgan fingerprint density at radius 3 is 2.00 bits per heavy atom. The lowest BCUT2D eigenvalue weighted by Crippen LogP contribution is -1.99. The van der Waals surface area contributed by atoms with E-state index in [1.807, 2.05) is 36.4 Å². The van der Waals surface area contributed by atoms with Gasteiger partial charge in [-0.25, -0.2) is 9.78 Å². The van der Waals surface area contributed by atoms with Gasteiger partial charge in [0.15, 0.2) is 0 Å². The van der Waals surface area contributed by atoms with Crippen LogP contribution in [0, 0.1) is 0 Å². The first kappa shape index (κ1) is 20.3. The van der Waals surface area contributed by atoms with Gasteiger partial charge in [0.05, 0.1) is 28.0 Å². The molecule has 1 heterocycles. The molecular formula is C21H23N5O2. The molecule has 0 atom stereocenters. The molecule has 0 fully saturated rings. The number of rotatable bonds is 2. The van der Waals surface area contributed by atoms with Crippen molar-refractivity contribution in [1.29, 1.82) is 0 Å². The molecule has 7 nitrogen and oxygen atoms in total. The molecule has 0 saturated heterocycles. The van der Waals surface area contributed by atoms with Crippen molar-refractivity contribution in [3.8, 4) is 11.4 Å². The van der Waals surface area contributed by atoms with Crippen LogP contribution in [0.25, 0.3) is 22.4 Å². The summed E-state index contributed by atoms with van der Waals surface area (Å²) in [4.78, 5) is 18.5. The fraction of sp³-hybridized carbons (Fsp3) is 0.0476. The number of para-hydroxylation sites is 4. The molecule has 28 heavy (non-hydrogen) atoms. The van der Waals surface area contributed by atoms with Crippen molar-refractivity contribution in [3.63, 3.8) is 0 Å². The van der Waals surface area contributed by atoms with Gasteiger partial charge in [-0.05, 0) is 42.5 Å². The number of fused-ring (bicyclic) bond motifs is 1. The van der Waals surface area contributed by atoms with Gasteiger partial charge < -0.3 is 27.3 Å². The molecule has 0 bridgehead atoms. The Morgan fingerprint density at radius 2 is 1.46 bits per heavy atom. The number of benzene rings is 3. The summed E-state index contributed by atoms with van der Waals surface area (Å²) in [5.41, 5.74) is 21.0. The Hall–Kier alpha value is -4.00. The van der Waals surface area contributed by atoms with E-state index in [0.29, 0.717) is 28.5 Å². The molecule has 0 amide bonds. The van der Waals surface area contributed by atoms with Crippen LogP contribution in [-0.2, 0) is 0 Å². The third-order valence-corrected chi connectivity index (χ3v) is 3.94. The largest absolute Gasteiger partial charge is 0.478 e. The van der Waals surface area contributed by atoms with Crippen LogP contribution in [0.4, 0.5) is 17.1 Å². The van der Waals surface area contributed by atoms with Gasteiger partial charge in [-0.2, -0.15) is 0 Å². The number of imidazole rings is 1. The third-order valence-electron chi connectivity index (χ3n) is 3.94. The van der Waals surface area contributed by atoms with Crippen molar-refractivity contribution >= 4 is 34.1 Å².